The van der Waals surface area contributed by atoms with Crippen molar-refractivity contribution in [2.45, 2.75) is 18.9 Å². The maximum absolute atomic E-state index is 14.0. The number of carbonyl (C=O) groups is 1. The van der Waals surface area contributed by atoms with Crippen LogP contribution in [0.3, 0.4) is 0 Å². The van der Waals surface area contributed by atoms with Gasteiger partial charge in [0.05, 0.1) is 11.6 Å². The number of hydrogen-bond donors (Lipinski definition) is 2. The van der Waals surface area contributed by atoms with Crippen molar-refractivity contribution in [3.05, 3.63) is 47.2 Å². The highest BCUT2D eigenvalue weighted by Gasteiger charge is 2.35. The summed E-state index contributed by atoms with van der Waals surface area (Å²) >= 11 is 0. The number of nitrogens with zero attached hydrogens (tertiary/aromatic N) is 3. The number of nitrogen functional groups attached to an aromatic ring is 1. The van der Waals surface area contributed by atoms with E-state index >= 15 is 0 Å². The number of carbonyl (C=O) groups excluding carboxylic acids is 1. The normalized spacial score (nSPS) is 17.3. The smallest absolute Gasteiger partial charge is 0.257 e. The zero-order valence-electron chi connectivity index (χ0n) is 12.3. The molecule has 0 radical (unpaired) electrons. The summed E-state index contributed by atoms with van der Waals surface area (Å²) in [4.78, 5) is 21.9. The summed E-state index contributed by atoms with van der Waals surface area (Å²) < 4.78 is 40.6. The second-order valence-corrected chi connectivity index (χ2v) is 5.38. The number of hydrogen-bond acceptors (Lipinski definition) is 5. The van der Waals surface area contributed by atoms with Crippen LogP contribution < -0.4 is 5.73 Å². The van der Waals surface area contributed by atoms with Crippen molar-refractivity contribution in [3.63, 3.8) is 0 Å². The fraction of sp³-hybridized carbons (Fsp3) is 0.267. The van der Waals surface area contributed by atoms with Crippen LogP contribution >= 0.6 is 0 Å². The molecule has 9 heteroatoms. The number of likely N-dealkylation sites (tertiary alicyclic amines) is 1. The van der Waals surface area contributed by atoms with E-state index in [-0.39, 0.29) is 18.2 Å². The quantitative estimate of drug-likeness (QED) is 0.819. The van der Waals surface area contributed by atoms with Crippen LogP contribution in [0.25, 0.3) is 0 Å². The lowest BCUT2D eigenvalue weighted by molar-refractivity contribution is 0.0723. The molecular weight excluding hydrogens is 325 g/mol. The van der Waals surface area contributed by atoms with Crippen LogP contribution in [0.5, 0.6) is 5.75 Å². The van der Waals surface area contributed by atoms with E-state index in [1.165, 1.54) is 17.2 Å². The lowest BCUT2D eigenvalue weighted by atomic mass is 10.1. The Labute approximate surface area is 134 Å². The van der Waals surface area contributed by atoms with Crippen LogP contribution in [0.2, 0.25) is 0 Å². The third-order valence-electron chi connectivity index (χ3n) is 3.87. The van der Waals surface area contributed by atoms with Crippen LogP contribution in [0.15, 0.2) is 18.3 Å². The number of anilines is 1. The maximum atomic E-state index is 14.0. The van der Waals surface area contributed by atoms with Crippen molar-refractivity contribution in [1.29, 1.82) is 0 Å². The van der Waals surface area contributed by atoms with Crippen molar-refractivity contribution in [3.8, 4) is 5.75 Å². The number of halogens is 3. The van der Waals surface area contributed by atoms with Gasteiger partial charge < -0.3 is 15.7 Å². The molecule has 2 aromatic rings. The van der Waals surface area contributed by atoms with Gasteiger partial charge in [-0.05, 0) is 25.0 Å². The summed E-state index contributed by atoms with van der Waals surface area (Å²) in [6.07, 6.45) is 2.56. The molecule has 6 nitrogen and oxygen atoms in total. The molecule has 0 spiro atoms. The van der Waals surface area contributed by atoms with E-state index in [0.717, 1.165) is 0 Å². The first-order valence-electron chi connectivity index (χ1n) is 7.16. The molecule has 1 aromatic heterocycles. The van der Waals surface area contributed by atoms with Gasteiger partial charge in [0.15, 0.2) is 23.2 Å². The van der Waals surface area contributed by atoms with Crippen LogP contribution in [0.1, 0.15) is 35.1 Å². The first-order chi connectivity index (χ1) is 11.4. The predicted molar refractivity (Wildman–Crippen MR) is 77.4 cm³/mol. The van der Waals surface area contributed by atoms with Crippen molar-refractivity contribution in [2.75, 3.05) is 12.3 Å². The summed E-state index contributed by atoms with van der Waals surface area (Å²) in [5.74, 6) is -6.64. The first-order valence-corrected chi connectivity index (χ1v) is 7.16. The number of rotatable bonds is 2. The molecule has 24 heavy (non-hydrogen) atoms. The fourth-order valence-corrected chi connectivity index (χ4v) is 2.73. The third kappa shape index (κ3) is 2.61. The van der Waals surface area contributed by atoms with E-state index in [4.69, 9.17) is 5.73 Å². The SMILES string of the molecule is Nc1ccnc(C2CCCN2C(=O)c2cc(F)c(F)c(O)c2F)n1. The molecule has 3 rings (SSSR count). The Hall–Kier alpha value is -2.84. The number of phenols is 1. The van der Waals surface area contributed by atoms with Crippen molar-refractivity contribution in [1.82, 2.24) is 14.9 Å². The number of phenolic OH excluding ortho intramolecular Hbond substituents is 1. The predicted octanol–water partition coefficient (Wildman–Crippen LogP) is 2.16. The van der Waals surface area contributed by atoms with E-state index in [2.05, 4.69) is 9.97 Å². The molecule has 3 N–H and O–H groups in total. The molecule has 0 saturated carbocycles. The summed E-state index contributed by atoms with van der Waals surface area (Å²) in [5.41, 5.74) is 4.85. The van der Waals surface area contributed by atoms with Gasteiger partial charge in [0.25, 0.3) is 5.91 Å². The molecule has 1 aromatic carbocycles. The molecule has 1 unspecified atom stereocenters. The van der Waals surface area contributed by atoms with E-state index in [0.29, 0.717) is 18.9 Å². The van der Waals surface area contributed by atoms with Crippen LogP contribution in [-0.2, 0) is 0 Å². The number of aromatic hydroxyl groups is 1. The van der Waals surface area contributed by atoms with Gasteiger partial charge in [0, 0.05) is 12.7 Å². The van der Waals surface area contributed by atoms with Crippen LogP contribution in [-0.4, -0.2) is 32.4 Å². The van der Waals surface area contributed by atoms with E-state index < -0.39 is 40.7 Å². The topological polar surface area (TPSA) is 92.3 Å². The number of aromatic nitrogens is 2. The Balaban J connectivity index is 1.98. The molecule has 1 atom stereocenters. The summed E-state index contributed by atoms with van der Waals surface area (Å²) in [6, 6.07) is 1.36. The minimum atomic E-state index is -1.74. The highest BCUT2D eigenvalue weighted by Crippen LogP contribution is 2.33. The molecule has 1 amide bonds. The van der Waals surface area contributed by atoms with Gasteiger partial charge in [-0.3, -0.25) is 4.79 Å². The summed E-state index contributed by atoms with van der Waals surface area (Å²) in [6.45, 7) is 0.265. The second kappa shape index (κ2) is 5.99. The lowest BCUT2D eigenvalue weighted by Gasteiger charge is -2.24. The minimum Gasteiger partial charge on any atom is -0.503 e. The van der Waals surface area contributed by atoms with Crippen molar-refractivity contribution < 1.29 is 23.1 Å². The van der Waals surface area contributed by atoms with Crippen LogP contribution in [0, 0.1) is 17.5 Å². The Morgan fingerprint density at radius 1 is 1.33 bits per heavy atom. The van der Waals surface area contributed by atoms with Gasteiger partial charge in [-0.1, -0.05) is 0 Å². The van der Waals surface area contributed by atoms with E-state index in [1.54, 1.807) is 0 Å². The van der Waals surface area contributed by atoms with E-state index in [1.807, 2.05) is 0 Å². The highest BCUT2D eigenvalue weighted by molar-refractivity contribution is 5.95. The molecule has 1 saturated heterocycles. The molecule has 1 aliphatic heterocycles. The van der Waals surface area contributed by atoms with Gasteiger partial charge in [-0.15, -0.1) is 0 Å². The Morgan fingerprint density at radius 3 is 2.79 bits per heavy atom. The number of amides is 1. The third-order valence-corrected chi connectivity index (χ3v) is 3.87. The number of benzene rings is 1. The van der Waals surface area contributed by atoms with Gasteiger partial charge in [0.2, 0.25) is 5.82 Å². The zero-order chi connectivity index (χ0) is 17.4. The molecule has 2 heterocycles. The molecule has 1 fully saturated rings. The molecule has 0 bridgehead atoms. The minimum absolute atomic E-state index is 0.218. The molecule has 0 aliphatic carbocycles. The Morgan fingerprint density at radius 2 is 2.08 bits per heavy atom. The average molecular weight is 338 g/mol. The second-order valence-electron chi connectivity index (χ2n) is 5.38. The standard InChI is InChI=1S/C15H13F3N4O2/c16-8-6-7(11(17)13(23)12(8)18)15(24)22-5-1-2-9(22)14-20-4-3-10(19)21-14/h3-4,6,9,23H,1-2,5H2,(H2,19,20,21). The Bertz CT molecular complexity index is 816. The maximum Gasteiger partial charge on any atom is 0.257 e. The van der Waals surface area contributed by atoms with Crippen LogP contribution in [0.4, 0.5) is 19.0 Å². The fourth-order valence-electron chi connectivity index (χ4n) is 2.73. The van der Waals surface area contributed by atoms with Gasteiger partial charge >= 0.3 is 0 Å². The number of nitrogens with two attached hydrogens (primary N) is 1. The van der Waals surface area contributed by atoms with Gasteiger partial charge in [-0.2, -0.15) is 4.39 Å². The van der Waals surface area contributed by atoms with E-state index in [9.17, 15) is 23.1 Å². The van der Waals surface area contributed by atoms with Gasteiger partial charge in [-0.25, -0.2) is 18.7 Å². The van der Waals surface area contributed by atoms with Crippen molar-refractivity contribution >= 4 is 11.7 Å². The molecule has 126 valence electrons. The van der Waals surface area contributed by atoms with Crippen molar-refractivity contribution in [2.24, 2.45) is 0 Å². The first kappa shape index (κ1) is 16.0. The summed E-state index contributed by atoms with van der Waals surface area (Å²) in [7, 11) is 0. The Kier molecular flexibility index (Phi) is 4.00. The largest absolute Gasteiger partial charge is 0.503 e. The highest BCUT2D eigenvalue weighted by atomic mass is 19.2. The lowest BCUT2D eigenvalue weighted by Crippen LogP contribution is -2.32. The van der Waals surface area contributed by atoms with Gasteiger partial charge in [0.1, 0.15) is 5.82 Å². The molecular formula is C15H13F3N4O2. The monoisotopic (exact) mass is 338 g/mol. The molecule has 1 aliphatic rings. The average Bonchev–Trinajstić information content (AvgIpc) is 3.05. The summed E-state index contributed by atoms with van der Waals surface area (Å²) in [5, 5.41) is 9.28. The zero-order valence-corrected chi connectivity index (χ0v) is 12.3.